The average molecular weight is 495 g/mol. The molecule has 0 bridgehead atoms. The molecule has 0 atom stereocenters. The Bertz CT molecular complexity index is 1060. The minimum absolute atomic E-state index is 0.107. The SMILES string of the molecule is CCCCCCCCC[C@H]1CC[C@H](c2ccc(-c3cnc(-c4cc(F)c(F)c(F)c4)nc3)cc2)CC1. The third-order valence-electron chi connectivity index (χ3n) is 7.67. The summed E-state index contributed by atoms with van der Waals surface area (Å²) in [5, 5.41) is 0. The van der Waals surface area contributed by atoms with Gasteiger partial charge in [0.25, 0.3) is 0 Å². The third-order valence-corrected chi connectivity index (χ3v) is 7.67. The lowest BCUT2D eigenvalue weighted by Gasteiger charge is -2.29. The third kappa shape index (κ3) is 6.96. The molecule has 0 N–H and O–H groups in total. The van der Waals surface area contributed by atoms with Crippen molar-refractivity contribution in [1.82, 2.24) is 9.97 Å². The Morgan fingerprint density at radius 2 is 1.28 bits per heavy atom. The molecule has 5 heteroatoms. The van der Waals surface area contributed by atoms with Gasteiger partial charge in [-0.15, -0.1) is 0 Å². The number of rotatable bonds is 11. The van der Waals surface area contributed by atoms with Crippen LogP contribution in [0.1, 0.15) is 95.5 Å². The zero-order valence-corrected chi connectivity index (χ0v) is 21.3. The van der Waals surface area contributed by atoms with Crippen LogP contribution in [0.15, 0.2) is 48.8 Å². The number of benzene rings is 2. The van der Waals surface area contributed by atoms with Crippen LogP contribution in [0.25, 0.3) is 22.5 Å². The average Bonchev–Trinajstić information content (AvgIpc) is 2.91. The van der Waals surface area contributed by atoms with Gasteiger partial charge in [0, 0.05) is 23.5 Å². The van der Waals surface area contributed by atoms with Crippen molar-refractivity contribution in [3.8, 4) is 22.5 Å². The molecule has 1 saturated carbocycles. The predicted octanol–water partition coefficient (Wildman–Crippen LogP) is 9.64. The monoisotopic (exact) mass is 494 g/mol. The highest BCUT2D eigenvalue weighted by Crippen LogP contribution is 2.38. The van der Waals surface area contributed by atoms with E-state index in [1.807, 2.05) is 0 Å². The molecule has 1 aliphatic rings. The van der Waals surface area contributed by atoms with Crippen molar-refractivity contribution >= 4 is 0 Å². The van der Waals surface area contributed by atoms with Crippen LogP contribution in [0.3, 0.4) is 0 Å². The van der Waals surface area contributed by atoms with E-state index in [0.29, 0.717) is 5.92 Å². The van der Waals surface area contributed by atoms with Gasteiger partial charge in [0.05, 0.1) is 0 Å². The van der Waals surface area contributed by atoms with E-state index in [-0.39, 0.29) is 11.4 Å². The smallest absolute Gasteiger partial charge is 0.194 e. The summed E-state index contributed by atoms with van der Waals surface area (Å²) in [5.74, 6) is -2.31. The van der Waals surface area contributed by atoms with Gasteiger partial charge in [0.1, 0.15) is 0 Å². The van der Waals surface area contributed by atoms with Crippen LogP contribution in [0.5, 0.6) is 0 Å². The second-order valence-corrected chi connectivity index (χ2v) is 10.3. The van der Waals surface area contributed by atoms with Gasteiger partial charge in [0.15, 0.2) is 23.3 Å². The Balaban J connectivity index is 1.26. The lowest BCUT2D eigenvalue weighted by atomic mass is 9.77. The summed E-state index contributed by atoms with van der Waals surface area (Å²) >= 11 is 0. The molecule has 1 aliphatic carbocycles. The highest BCUT2D eigenvalue weighted by molar-refractivity contribution is 5.64. The molecular formula is C31H37F3N2. The second-order valence-electron chi connectivity index (χ2n) is 10.3. The molecule has 0 unspecified atom stereocenters. The van der Waals surface area contributed by atoms with Crippen LogP contribution in [0.4, 0.5) is 13.2 Å². The maximum Gasteiger partial charge on any atom is 0.194 e. The van der Waals surface area contributed by atoms with E-state index in [9.17, 15) is 13.2 Å². The number of nitrogens with zero attached hydrogens (tertiary/aromatic N) is 2. The van der Waals surface area contributed by atoms with Crippen LogP contribution >= 0.6 is 0 Å². The van der Waals surface area contributed by atoms with E-state index in [1.54, 1.807) is 12.4 Å². The Morgan fingerprint density at radius 3 is 1.89 bits per heavy atom. The molecule has 4 rings (SSSR count). The molecule has 192 valence electrons. The molecule has 0 aliphatic heterocycles. The summed E-state index contributed by atoms with van der Waals surface area (Å²) < 4.78 is 40.3. The van der Waals surface area contributed by atoms with Gasteiger partial charge >= 0.3 is 0 Å². The van der Waals surface area contributed by atoms with E-state index in [4.69, 9.17) is 0 Å². The normalized spacial score (nSPS) is 17.9. The standard InChI is InChI=1S/C31H37F3N2/c1-2-3-4-5-6-7-8-9-22-10-12-23(13-11-22)24-14-16-25(17-15-24)27-20-35-31(36-21-27)26-18-28(32)30(34)29(33)19-26/h14-23H,2-13H2,1H3/t22-,23-. The zero-order chi connectivity index (χ0) is 25.3. The number of hydrogen-bond acceptors (Lipinski definition) is 2. The molecule has 0 saturated heterocycles. The molecular weight excluding hydrogens is 457 g/mol. The second kappa shape index (κ2) is 13.0. The first-order valence-corrected chi connectivity index (χ1v) is 13.6. The van der Waals surface area contributed by atoms with Crippen molar-refractivity contribution in [2.75, 3.05) is 0 Å². The molecule has 2 aromatic carbocycles. The van der Waals surface area contributed by atoms with Gasteiger partial charge < -0.3 is 0 Å². The fourth-order valence-corrected chi connectivity index (χ4v) is 5.43. The lowest BCUT2D eigenvalue weighted by Crippen LogP contribution is -2.13. The first-order chi connectivity index (χ1) is 17.5. The van der Waals surface area contributed by atoms with Gasteiger partial charge in [0.2, 0.25) is 0 Å². The number of unbranched alkanes of at least 4 members (excludes halogenated alkanes) is 6. The van der Waals surface area contributed by atoms with Crippen LogP contribution in [0.2, 0.25) is 0 Å². The van der Waals surface area contributed by atoms with E-state index < -0.39 is 17.5 Å². The molecule has 1 aromatic heterocycles. The van der Waals surface area contributed by atoms with Crippen molar-refractivity contribution in [3.05, 3.63) is 71.8 Å². The first-order valence-electron chi connectivity index (χ1n) is 13.6. The predicted molar refractivity (Wildman–Crippen MR) is 140 cm³/mol. The van der Waals surface area contributed by atoms with Crippen molar-refractivity contribution in [1.29, 1.82) is 0 Å². The fraction of sp³-hybridized carbons (Fsp3) is 0.484. The molecule has 0 radical (unpaired) electrons. The van der Waals surface area contributed by atoms with Gasteiger partial charge in [-0.1, -0.05) is 82.6 Å². The summed E-state index contributed by atoms with van der Waals surface area (Å²) in [6.07, 6.45) is 19.6. The Labute approximate surface area is 213 Å². The van der Waals surface area contributed by atoms with Crippen molar-refractivity contribution in [2.45, 2.75) is 89.9 Å². The Hall–Kier alpha value is -2.69. The highest BCUT2D eigenvalue weighted by atomic mass is 19.2. The summed E-state index contributed by atoms with van der Waals surface area (Å²) in [5.41, 5.74) is 3.32. The quantitative estimate of drug-likeness (QED) is 0.196. The van der Waals surface area contributed by atoms with Crippen LogP contribution in [-0.4, -0.2) is 9.97 Å². The maximum atomic E-state index is 13.5. The highest BCUT2D eigenvalue weighted by Gasteiger charge is 2.22. The number of halogens is 3. The van der Waals surface area contributed by atoms with Crippen molar-refractivity contribution < 1.29 is 13.2 Å². The Kier molecular flexibility index (Phi) is 9.54. The van der Waals surface area contributed by atoms with Gasteiger partial charge in [-0.2, -0.15) is 0 Å². The molecule has 2 nitrogen and oxygen atoms in total. The molecule has 0 spiro atoms. The molecule has 36 heavy (non-hydrogen) atoms. The summed E-state index contributed by atoms with van der Waals surface area (Å²) in [7, 11) is 0. The molecule has 1 fully saturated rings. The van der Waals surface area contributed by atoms with Crippen LogP contribution in [-0.2, 0) is 0 Å². The number of hydrogen-bond donors (Lipinski definition) is 0. The first kappa shape index (κ1) is 26.4. The van der Waals surface area contributed by atoms with E-state index in [2.05, 4.69) is 41.2 Å². The summed E-state index contributed by atoms with van der Waals surface area (Å²) in [6, 6.07) is 10.4. The molecule has 0 amide bonds. The lowest BCUT2D eigenvalue weighted by molar-refractivity contribution is 0.302. The van der Waals surface area contributed by atoms with Crippen LogP contribution in [0, 0.1) is 23.4 Å². The topological polar surface area (TPSA) is 25.8 Å². The van der Waals surface area contributed by atoms with Gasteiger partial charge in [-0.3, -0.25) is 0 Å². The zero-order valence-electron chi connectivity index (χ0n) is 21.3. The largest absolute Gasteiger partial charge is 0.236 e. The van der Waals surface area contributed by atoms with Gasteiger partial charge in [-0.25, -0.2) is 23.1 Å². The fourth-order valence-electron chi connectivity index (χ4n) is 5.43. The van der Waals surface area contributed by atoms with Crippen LogP contribution < -0.4 is 0 Å². The van der Waals surface area contributed by atoms with E-state index in [1.165, 1.54) is 82.6 Å². The molecule has 1 heterocycles. The van der Waals surface area contributed by atoms with E-state index in [0.717, 1.165) is 29.2 Å². The van der Waals surface area contributed by atoms with Gasteiger partial charge in [-0.05, 0) is 60.8 Å². The van der Waals surface area contributed by atoms with Crippen molar-refractivity contribution in [3.63, 3.8) is 0 Å². The Morgan fingerprint density at radius 1 is 0.694 bits per heavy atom. The van der Waals surface area contributed by atoms with E-state index >= 15 is 0 Å². The summed E-state index contributed by atoms with van der Waals surface area (Å²) in [4.78, 5) is 8.48. The minimum atomic E-state index is -1.49. The minimum Gasteiger partial charge on any atom is -0.236 e. The molecule has 3 aromatic rings. The summed E-state index contributed by atoms with van der Waals surface area (Å²) in [6.45, 7) is 2.27. The number of aromatic nitrogens is 2. The maximum absolute atomic E-state index is 13.5. The van der Waals surface area contributed by atoms with Crippen molar-refractivity contribution in [2.24, 2.45) is 5.92 Å².